The first-order valence-corrected chi connectivity index (χ1v) is 5.18. The highest BCUT2D eigenvalue weighted by Crippen LogP contribution is 2.33. The molecule has 2 N–H and O–H groups in total. The molecule has 1 aliphatic carbocycles. The molecule has 2 saturated heterocycles. The van der Waals surface area contributed by atoms with Crippen LogP contribution in [-0.4, -0.2) is 30.3 Å². The Balaban J connectivity index is 1.78. The summed E-state index contributed by atoms with van der Waals surface area (Å²) in [5.74, 6) is 0.618. The largest absolute Gasteiger partial charge is 0.444 e. The van der Waals surface area contributed by atoms with Crippen molar-refractivity contribution in [2.45, 2.75) is 44.9 Å². The van der Waals surface area contributed by atoms with Crippen LogP contribution in [-0.2, 0) is 4.74 Å². The van der Waals surface area contributed by atoms with Crippen LogP contribution >= 0.6 is 0 Å². The summed E-state index contributed by atoms with van der Waals surface area (Å²) in [5, 5.41) is 6.25. The number of carbonyl (C=O) groups is 1. The third kappa shape index (κ3) is 1.85. The minimum absolute atomic E-state index is 0.291. The van der Waals surface area contributed by atoms with Gasteiger partial charge in [-0.25, -0.2) is 4.79 Å². The summed E-state index contributed by atoms with van der Waals surface area (Å²) in [4.78, 5) is 11.4. The molecule has 0 aromatic carbocycles. The second kappa shape index (κ2) is 3.12. The summed E-state index contributed by atoms with van der Waals surface area (Å²) in [5.41, 5.74) is -0.402. The number of fused-ring (bicyclic) bond motifs is 1. The van der Waals surface area contributed by atoms with E-state index in [9.17, 15) is 4.79 Å². The first-order chi connectivity index (χ1) is 6.46. The number of hydrogen-bond acceptors (Lipinski definition) is 3. The normalized spacial score (nSPS) is 34.9. The van der Waals surface area contributed by atoms with Gasteiger partial charge in [0.25, 0.3) is 0 Å². The van der Waals surface area contributed by atoms with Gasteiger partial charge in [-0.2, -0.15) is 0 Å². The van der Waals surface area contributed by atoms with Gasteiger partial charge in [-0.1, -0.05) is 0 Å². The van der Waals surface area contributed by atoms with Crippen molar-refractivity contribution in [3.05, 3.63) is 0 Å². The van der Waals surface area contributed by atoms with Crippen LogP contribution in [0.5, 0.6) is 0 Å². The van der Waals surface area contributed by atoms with Crippen molar-refractivity contribution in [1.82, 2.24) is 10.6 Å². The van der Waals surface area contributed by atoms with Crippen LogP contribution in [0.4, 0.5) is 4.79 Å². The summed E-state index contributed by atoms with van der Waals surface area (Å²) in [6.45, 7) is 6.66. The first kappa shape index (κ1) is 9.77. The summed E-state index contributed by atoms with van der Waals surface area (Å²) in [6.07, 6.45) is 0.904. The molecule has 4 nitrogen and oxygen atoms in total. The van der Waals surface area contributed by atoms with Crippen LogP contribution in [0.1, 0.15) is 27.2 Å². The van der Waals surface area contributed by atoms with E-state index in [0.29, 0.717) is 18.0 Å². The van der Waals surface area contributed by atoms with E-state index in [1.165, 1.54) is 6.42 Å². The van der Waals surface area contributed by atoms with Gasteiger partial charge in [-0.05, 0) is 33.1 Å². The molecule has 0 aromatic heterocycles. The number of ether oxygens (including phenoxy) is 1. The molecule has 2 bridgehead atoms. The second-order valence-electron chi connectivity index (χ2n) is 5.18. The van der Waals surface area contributed by atoms with Crippen molar-refractivity contribution in [1.29, 1.82) is 0 Å². The maximum Gasteiger partial charge on any atom is 0.407 e. The molecule has 3 fully saturated rings. The Kier molecular flexibility index (Phi) is 2.18. The SMILES string of the molecule is CC(C)(C)OC(=O)N[C@@H]1[C@@H]2CN[C@H]1C2. The zero-order valence-corrected chi connectivity index (χ0v) is 8.96. The highest BCUT2D eigenvalue weighted by atomic mass is 16.6. The van der Waals surface area contributed by atoms with Gasteiger partial charge < -0.3 is 15.4 Å². The van der Waals surface area contributed by atoms with Gasteiger partial charge >= 0.3 is 6.09 Å². The van der Waals surface area contributed by atoms with E-state index >= 15 is 0 Å². The van der Waals surface area contributed by atoms with Crippen LogP contribution in [0, 0.1) is 5.92 Å². The van der Waals surface area contributed by atoms with Gasteiger partial charge in [0.2, 0.25) is 0 Å². The highest BCUT2D eigenvalue weighted by Gasteiger charge is 2.47. The third-order valence-electron chi connectivity index (χ3n) is 2.82. The topological polar surface area (TPSA) is 50.4 Å². The molecule has 3 aliphatic rings. The van der Waals surface area contributed by atoms with Crippen molar-refractivity contribution in [2.24, 2.45) is 5.92 Å². The number of amides is 1. The Labute approximate surface area is 84.4 Å². The molecule has 3 atom stereocenters. The van der Waals surface area contributed by atoms with E-state index in [1.807, 2.05) is 20.8 Å². The number of nitrogens with one attached hydrogen (secondary N) is 2. The lowest BCUT2D eigenvalue weighted by Crippen LogP contribution is -2.54. The molecule has 0 aromatic rings. The quantitative estimate of drug-likeness (QED) is 0.657. The maximum atomic E-state index is 11.4. The fourth-order valence-electron chi connectivity index (χ4n) is 2.14. The zero-order chi connectivity index (χ0) is 10.3. The Morgan fingerprint density at radius 1 is 1.50 bits per heavy atom. The van der Waals surface area contributed by atoms with Crippen LogP contribution in [0.25, 0.3) is 0 Å². The fourth-order valence-corrected chi connectivity index (χ4v) is 2.14. The summed E-state index contributed by atoms with van der Waals surface area (Å²) >= 11 is 0. The van der Waals surface area contributed by atoms with Crippen molar-refractivity contribution >= 4 is 6.09 Å². The minimum atomic E-state index is -0.402. The number of rotatable bonds is 1. The van der Waals surface area contributed by atoms with Gasteiger partial charge in [-0.15, -0.1) is 0 Å². The van der Waals surface area contributed by atoms with E-state index in [1.54, 1.807) is 0 Å². The number of carbonyl (C=O) groups excluding carboxylic acids is 1. The predicted octanol–water partition coefficient (Wildman–Crippen LogP) is 0.871. The van der Waals surface area contributed by atoms with Gasteiger partial charge in [0.15, 0.2) is 0 Å². The van der Waals surface area contributed by atoms with Crippen molar-refractivity contribution < 1.29 is 9.53 Å². The van der Waals surface area contributed by atoms with Gasteiger partial charge in [0.1, 0.15) is 5.60 Å². The molecule has 0 radical (unpaired) electrons. The van der Waals surface area contributed by atoms with Crippen LogP contribution in [0.3, 0.4) is 0 Å². The standard InChI is InChI=1S/C10H18N2O2/c1-10(2,3)14-9(13)12-8-6-4-7(8)11-5-6/h6-8,11H,4-5H2,1-3H3,(H,12,13)/t6-,7-,8+/m0/s1. The van der Waals surface area contributed by atoms with Gasteiger partial charge in [0.05, 0.1) is 6.04 Å². The number of hydrogen-bond donors (Lipinski definition) is 2. The molecule has 2 aliphatic heterocycles. The van der Waals surface area contributed by atoms with Gasteiger partial charge in [0, 0.05) is 12.6 Å². The van der Waals surface area contributed by atoms with Gasteiger partial charge in [-0.3, -0.25) is 0 Å². The Bertz CT molecular complexity index is 233. The molecule has 80 valence electrons. The maximum absolute atomic E-state index is 11.4. The zero-order valence-electron chi connectivity index (χ0n) is 8.96. The predicted molar refractivity (Wildman–Crippen MR) is 53.1 cm³/mol. The molecule has 0 spiro atoms. The molecule has 1 saturated carbocycles. The Morgan fingerprint density at radius 3 is 2.64 bits per heavy atom. The summed E-state index contributed by atoms with van der Waals surface area (Å²) < 4.78 is 5.19. The molecule has 4 heteroatoms. The van der Waals surface area contributed by atoms with Crippen molar-refractivity contribution in [3.8, 4) is 0 Å². The van der Waals surface area contributed by atoms with Crippen LogP contribution in [0.2, 0.25) is 0 Å². The van der Waals surface area contributed by atoms with E-state index in [0.717, 1.165) is 6.54 Å². The van der Waals surface area contributed by atoms with E-state index < -0.39 is 5.60 Å². The van der Waals surface area contributed by atoms with Crippen molar-refractivity contribution in [3.63, 3.8) is 0 Å². The molecule has 3 rings (SSSR count). The fraction of sp³-hybridized carbons (Fsp3) is 0.900. The van der Waals surface area contributed by atoms with Crippen LogP contribution < -0.4 is 10.6 Å². The van der Waals surface area contributed by atoms with E-state index in [-0.39, 0.29) is 6.09 Å². The molecular formula is C10H18N2O2. The Morgan fingerprint density at radius 2 is 2.21 bits per heavy atom. The smallest absolute Gasteiger partial charge is 0.407 e. The number of alkyl carbamates (subject to hydrolysis) is 1. The lowest BCUT2D eigenvalue weighted by atomic mass is 9.80. The minimum Gasteiger partial charge on any atom is -0.444 e. The third-order valence-corrected chi connectivity index (χ3v) is 2.82. The average molecular weight is 198 g/mol. The first-order valence-electron chi connectivity index (χ1n) is 5.18. The molecular weight excluding hydrogens is 180 g/mol. The summed E-state index contributed by atoms with van der Waals surface area (Å²) in [6, 6.07) is 0.775. The monoisotopic (exact) mass is 198 g/mol. The summed E-state index contributed by atoms with van der Waals surface area (Å²) in [7, 11) is 0. The molecule has 1 amide bonds. The van der Waals surface area contributed by atoms with Crippen LogP contribution in [0.15, 0.2) is 0 Å². The molecule has 2 heterocycles. The van der Waals surface area contributed by atoms with E-state index in [4.69, 9.17) is 4.74 Å². The van der Waals surface area contributed by atoms with Crippen molar-refractivity contribution in [2.75, 3.05) is 6.54 Å². The Hall–Kier alpha value is -0.770. The lowest BCUT2D eigenvalue weighted by molar-refractivity contribution is 0.0452. The average Bonchev–Trinajstić information content (AvgIpc) is 2.55. The van der Waals surface area contributed by atoms with E-state index in [2.05, 4.69) is 10.6 Å². The molecule has 14 heavy (non-hydrogen) atoms. The lowest BCUT2D eigenvalue weighted by Gasteiger charge is -2.35. The second-order valence-corrected chi connectivity index (χ2v) is 5.18. The molecule has 0 unspecified atom stereocenters. The highest BCUT2D eigenvalue weighted by molar-refractivity contribution is 5.68.